The molecule has 94 valence electrons. The van der Waals surface area contributed by atoms with Crippen LogP contribution in [0.25, 0.3) is 0 Å². The third kappa shape index (κ3) is 2.14. The Morgan fingerprint density at radius 1 is 1.35 bits per heavy atom. The molecule has 2 fully saturated rings. The molecule has 2 aliphatic rings. The highest BCUT2D eigenvalue weighted by molar-refractivity contribution is 7.71. The average molecular weight is 259 g/mol. The van der Waals surface area contributed by atoms with E-state index in [2.05, 4.69) is 10.2 Å². The predicted octanol–water partition coefficient (Wildman–Crippen LogP) is 3.57. The molecule has 1 aromatic heterocycles. The summed E-state index contributed by atoms with van der Waals surface area (Å²) in [5.41, 5.74) is 0. The van der Waals surface area contributed by atoms with Gasteiger partial charge in [-0.15, -0.1) is 0 Å². The number of alkyl halides is 2. The van der Waals surface area contributed by atoms with Gasteiger partial charge in [0.25, 0.3) is 0 Å². The predicted molar refractivity (Wildman–Crippen MR) is 61.8 cm³/mol. The molecule has 0 bridgehead atoms. The summed E-state index contributed by atoms with van der Waals surface area (Å²) in [5, 5.41) is 6.93. The first-order valence-corrected chi connectivity index (χ1v) is 6.52. The van der Waals surface area contributed by atoms with Crippen LogP contribution in [0, 0.1) is 4.77 Å². The molecule has 3 rings (SSSR count). The fourth-order valence-corrected chi connectivity index (χ4v) is 2.97. The normalized spacial score (nSPS) is 28.2. The lowest BCUT2D eigenvalue weighted by Crippen LogP contribution is -2.26. The number of nitrogens with one attached hydrogen (secondary N) is 1. The van der Waals surface area contributed by atoms with Gasteiger partial charge in [-0.2, -0.15) is 5.10 Å². The van der Waals surface area contributed by atoms with Crippen LogP contribution in [-0.2, 0) is 0 Å². The zero-order chi connectivity index (χ0) is 12.0. The highest BCUT2D eigenvalue weighted by Gasteiger charge is 2.40. The molecule has 0 aliphatic heterocycles. The number of aromatic nitrogens is 3. The van der Waals surface area contributed by atoms with E-state index in [0.717, 1.165) is 25.1 Å². The Balaban J connectivity index is 1.91. The Labute approximate surface area is 103 Å². The molecular formula is C11H15F2N3S. The Kier molecular flexibility index (Phi) is 2.57. The largest absolute Gasteiger partial charge is 0.301 e. The van der Waals surface area contributed by atoms with Crippen molar-refractivity contribution in [3.8, 4) is 0 Å². The highest BCUT2D eigenvalue weighted by Crippen LogP contribution is 2.44. The second kappa shape index (κ2) is 3.86. The molecule has 1 atom stereocenters. The van der Waals surface area contributed by atoms with Crippen molar-refractivity contribution >= 4 is 12.2 Å². The molecule has 0 spiro atoms. The molecule has 3 nitrogen and oxygen atoms in total. The van der Waals surface area contributed by atoms with E-state index in [1.54, 1.807) is 0 Å². The van der Waals surface area contributed by atoms with Crippen molar-refractivity contribution in [2.45, 2.75) is 56.4 Å². The SMILES string of the molecule is FC1(F)CCCC(c2n[nH]c(=S)n2C2CC2)C1. The minimum atomic E-state index is -2.54. The molecule has 0 amide bonds. The van der Waals surface area contributed by atoms with E-state index in [4.69, 9.17) is 12.2 Å². The van der Waals surface area contributed by atoms with Crippen LogP contribution >= 0.6 is 12.2 Å². The zero-order valence-corrected chi connectivity index (χ0v) is 10.3. The summed E-state index contributed by atoms with van der Waals surface area (Å²) < 4.78 is 29.4. The van der Waals surface area contributed by atoms with E-state index in [1.165, 1.54) is 0 Å². The van der Waals surface area contributed by atoms with Crippen molar-refractivity contribution in [3.05, 3.63) is 10.6 Å². The molecule has 2 saturated carbocycles. The van der Waals surface area contributed by atoms with Crippen LogP contribution in [0.2, 0.25) is 0 Å². The Bertz CT molecular complexity index is 475. The summed E-state index contributed by atoms with van der Waals surface area (Å²) in [6.45, 7) is 0. The third-order valence-electron chi connectivity index (χ3n) is 3.65. The summed E-state index contributed by atoms with van der Waals surface area (Å²) in [5.74, 6) is -1.94. The van der Waals surface area contributed by atoms with Gasteiger partial charge in [-0.1, -0.05) is 0 Å². The van der Waals surface area contributed by atoms with Gasteiger partial charge in [0.1, 0.15) is 5.82 Å². The van der Waals surface area contributed by atoms with Gasteiger partial charge in [0.2, 0.25) is 5.92 Å². The average Bonchev–Trinajstić information content (AvgIpc) is 3.01. The molecule has 1 N–H and O–H groups in total. The highest BCUT2D eigenvalue weighted by atomic mass is 32.1. The van der Waals surface area contributed by atoms with Gasteiger partial charge in [-0.3, -0.25) is 5.10 Å². The zero-order valence-electron chi connectivity index (χ0n) is 9.46. The summed E-state index contributed by atoms with van der Waals surface area (Å²) in [6.07, 6.45) is 3.47. The van der Waals surface area contributed by atoms with Crippen LogP contribution in [0.1, 0.15) is 56.3 Å². The number of rotatable bonds is 2. The van der Waals surface area contributed by atoms with Gasteiger partial charge >= 0.3 is 0 Å². The summed E-state index contributed by atoms with van der Waals surface area (Å²) in [6, 6.07) is 0.395. The maximum absolute atomic E-state index is 13.4. The molecule has 1 heterocycles. The Morgan fingerprint density at radius 3 is 2.76 bits per heavy atom. The van der Waals surface area contributed by atoms with Crippen LogP contribution < -0.4 is 0 Å². The molecule has 1 aromatic rings. The minimum absolute atomic E-state index is 0.0120. The Morgan fingerprint density at radius 2 is 2.12 bits per heavy atom. The summed E-state index contributed by atoms with van der Waals surface area (Å²) in [7, 11) is 0. The monoisotopic (exact) mass is 259 g/mol. The smallest absolute Gasteiger partial charge is 0.248 e. The molecular weight excluding hydrogens is 244 g/mol. The van der Waals surface area contributed by atoms with Crippen LogP contribution in [0.4, 0.5) is 8.78 Å². The van der Waals surface area contributed by atoms with Gasteiger partial charge in [-0.05, 0) is 37.9 Å². The van der Waals surface area contributed by atoms with Gasteiger partial charge in [0.15, 0.2) is 4.77 Å². The third-order valence-corrected chi connectivity index (χ3v) is 3.94. The van der Waals surface area contributed by atoms with Crippen LogP contribution in [0.5, 0.6) is 0 Å². The standard InChI is InChI=1S/C11H15F2N3S/c12-11(13)5-1-2-7(6-11)9-14-15-10(17)16(9)8-3-4-8/h7-8H,1-6H2,(H,15,17). The molecule has 6 heteroatoms. The lowest BCUT2D eigenvalue weighted by Gasteiger charge is -2.28. The fourth-order valence-electron chi connectivity index (χ4n) is 2.68. The second-order valence-corrected chi connectivity index (χ2v) is 5.52. The maximum atomic E-state index is 13.4. The number of hydrogen-bond acceptors (Lipinski definition) is 2. The van der Waals surface area contributed by atoms with Crippen molar-refractivity contribution in [3.63, 3.8) is 0 Å². The van der Waals surface area contributed by atoms with Gasteiger partial charge < -0.3 is 4.57 Å². The molecule has 0 saturated heterocycles. The number of nitrogens with zero attached hydrogens (tertiary/aromatic N) is 2. The second-order valence-electron chi connectivity index (χ2n) is 5.14. The van der Waals surface area contributed by atoms with Crippen molar-refractivity contribution < 1.29 is 8.78 Å². The van der Waals surface area contributed by atoms with Crippen LogP contribution in [0.3, 0.4) is 0 Å². The number of aromatic amines is 1. The Hall–Kier alpha value is -0.780. The minimum Gasteiger partial charge on any atom is -0.301 e. The molecule has 1 unspecified atom stereocenters. The van der Waals surface area contributed by atoms with E-state index in [-0.39, 0.29) is 18.8 Å². The number of halogens is 2. The fraction of sp³-hybridized carbons (Fsp3) is 0.818. The lowest BCUT2D eigenvalue weighted by molar-refractivity contribution is -0.0421. The first-order valence-electron chi connectivity index (χ1n) is 6.11. The lowest BCUT2D eigenvalue weighted by atomic mass is 9.86. The van der Waals surface area contributed by atoms with E-state index in [9.17, 15) is 8.78 Å². The quantitative estimate of drug-likeness (QED) is 0.824. The molecule has 0 radical (unpaired) electrons. The van der Waals surface area contributed by atoms with E-state index in [1.807, 2.05) is 4.57 Å². The van der Waals surface area contributed by atoms with Crippen LogP contribution in [0.15, 0.2) is 0 Å². The van der Waals surface area contributed by atoms with Gasteiger partial charge in [0.05, 0.1) is 0 Å². The van der Waals surface area contributed by atoms with E-state index >= 15 is 0 Å². The van der Waals surface area contributed by atoms with Gasteiger partial charge in [0, 0.05) is 24.8 Å². The first-order chi connectivity index (χ1) is 8.07. The van der Waals surface area contributed by atoms with Crippen molar-refractivity contribution in [1.82, 2.24) is 14.8 Å². The summed E-state index contributed by atoms with van der Waals surface area (Å²) >= 11 is 5.17. The van der Waals surface area contributed by atoms with Gasteiger partial charge in [-0.25, -0.2) is 8.78 Å². The number of H-pyrrole nitrogens is 1. The van der Waals surface area contributed by atoms with Crippen molar-refractivity contribution in [2.75, 3.05) is 0 Å². The summed E-state index contributed by atoms with van der Waals surface area (Å²) in [4.78, 5) is 0. The van der Waals surface area contributed by atoms with E-state index < -0.39 is 5.92 Å². The van der Waals surface area contributed by atoms with Crippen LogP contribution in [-0.4, -0.2) is 20.7 Å². The molecule has 2 aliphatic carbocycles. The van der Waals surface area contributed by atoms with E-state index in [0.29, 0.717) is 17.2 Å². The molecule has 0 aromatic carbocycles. The molecule has 17 heavy (non-hydrogen) atoms. The topological polar surface area (TPSA) is 33.6 Å². The maximum Gasteiger partial charge on any atom is 0.248 e. The number of hydrogen-bond donors (Lipinski definition) is 1. The van der Waals surface area contributed by atoms with Crippen molar-refractivity contribution in [1.29, 1.82) is 0 Å². The first kappa shape index (κ1) is 11.3. The van der Waals surface area contributed by atoms with Crippen molar-refractivity contribution in [2.24, 2.45) is 0 Å².